The lowest BCUT2D eigenvalue weighted by Crippen LogP contribution is -1.98. The lowest BCUT2D eigenvalue weighted by Gasteiger charge is -1.95. The molecule has 0 spiro atoms. The van der Waals surface area contributed by atoms with Crippen molar-refractivity contribution in [2.45, 2.75) is 18.8 Å². The molecule has 4 nitrogen and oxygen atoms in total. The van der Waals surface area contributed by atoms with Crippen molar-refractivity contribution in [1.82, 2.24) is 19.8 Å². The van der Waals surface area contributed by atoms with Crippen LogP contribution in [0.1, 0.15) is 24.6 Å². The molecule has 0 unspecified atom stereocenters. The molecule has 1 aliphatic rings. The lowest BCUT2D eigenvalue weighted by atomic mass is 10.4. The molecule has 0 bridgehead atoms. The Morgan fingerprint density at radius 2 is 2.15 bits per heavy atom. The van der Waals surface area contributed by atoms with Crippen LogP contribution >= 0.6 is 22.6 Å². The molecule has 0 N–H and O–H groups in total. The van der Waals surface area contributed by atoms with E-state index in [0.29, 0.717) is 5.92 Å². The van der Waals surface area contributed by atoms with Crippen molar-refractivity contribution in [3.8, 4) is 0 Å². The average molecular weight is 286 g/mol. The van der Waals surface area contributed by atoms with Gasteiger partial charge >= 0.3 is 0 Å². The van der Waals surface area contributed by atoms with Crippen LogP contribution in [0.25, 0.3) is 5.65 Å². The maximum Gasteiger partial charge on any atom is 0.177 e. The van der Waals surface area contributed by atoms with E-state index < -0.39 is 0 Å². The molecule has 2 aromatic rings. The molecule has 1 saturated carbocycles. The average Bonchev–Trinajstić information content (AvgIpc) is 2.87. The first-order valence-corrected chi connectivity index (χ1v) is 5.30. The van der Waals surface area contributed by atoms with Gasteiger partial charge in [0, 0.05) is 5.92 Å². The smallest absolute Gasteiger partial charge is 0.177 e. The molecule has 66 valence electrons. The Hall–Kier alpha value is -0.720. The molecule has 3 rings (SSSR count). The summed E-state index contributed by atoms with van der Waals surface area (Å²) in [5.41, 5.74) is 0.849. The van der Waals surface area contributed by atoms with E-state index in [0.717, 1.165) is 15.2 Å². The zero-order valence-corrected chi connectivity index (χ0v) is 8.97. The van der Waals surface area contributed by atoms with Gasteiger partial charge in [-0.15, -0.1) is 10.2 Å². The molecule has 0 aromatic carbocycles. The second-order valence-electron chi connectivity index (χ2n) is 3.26. The van der Waals surface area contributed by atoms with E-state index in [9.17, 15) is 0 Å². The first-order chi connectivity index (χ1) is 6.34. The molecule has 0 saturated heterocycles. The fraction of sp³-hybridized carbons (Fsp3) is 0.375. The Morgan fingerprint density at radius 3 is 2.92 bits per heavy atom. The minimum Gasteiger partial charge on any atom is -0.196 e. The third-order valence-corrected chi connectivity index (χ3v) is 2.77. The maximum absolute atomic E-state index is 4.38. The highest BCUT2D eigenvalue weighted by atomic mass is 127. The first-order valence-electron chi connectivity index (χ1n) is 4.22. The summed E-state index contributed by atoms with van der Waals surface area (Å²) in [7, 11) is 0. The van der Waals surface area contributed by atoms with E-state index in [1.807, 2.05) is 16.6 Å². The van der Waals surface area contributed by atoms with E-state index in [1.54, 1.807) is 0 Å². The van der Waals surface area contributed by atoms with Crippen LogP contribution in [0.5, 0.6) is 0 Å². The third-order valence-electron chi connectivity index (χ3n) is 2.20. The van der Waals surface area contributed by atoms with Crippen molar-refractivity contribution in [1.29, 1.82) is 0 Å². The van der Waals surface area contributed by atoms with Crippen molar-refractivity contribution in [3.05, 3.63) is 21.7 Å². The van der Waals surface area contributed by atoms with Gasteiger partial charge in [0.05, 0.1) is 0 Å². The van der Waals surface area contributed by atoms with Crippen LogP contribution in [-0.4, -0.2) is 19.8 Å². The highest BCUT2D eigenvalue weighted by molar-refractivity contribution is 14.1. The molecule has 5 heteroatoms. The van der Waals surface area contributed by atoms with Gasteiger partial charge in [0.2, 0.25) is 0 Å². The van der Waals surface area contributed by atoms with Crippen molar-refractivity contribution < 1.29 is 0 Å². The van der Waals surface area contributed by atoms with Gasteiger partial charge in [-0.05, 0) is 47.6 Å². The van der Waals surface area contributed by atoms with Gasteiger partial charge in [0.25, 0.3) is 0 Å². The molecule has 0 radical (unpaired) electrons. The number of fused-ring (bicyclic) bond motifs is 1. The number of hydrogen-bond acceptors (Lipinski definition) is 3. The molecule has 2 heterocycles. The predicted octanol–water partition coefficient (Wildman–Crippen LogP) is 1.61. The van der Waals surface area contributed by atoms with Gasteiger partial charge in [-0.2, -0.15) is 9.61 Å². The van der Waals surface area contributed by atoms with Gasteiger partial charge < -0.3 is 0 Å². The number of rotatable bonds is 1. The highest BCUT2D eigenvalue weighted by Crippen LogP contribution is 2.38. The lowest BCUT2D eigenvalue weighted by molar-refractivity contribution is 0.805. The highest BCUT2D eigenvalue weighted by Gasteiger charge is 2.29. The SMILES string of the molecule is Ic1ccc2nnc(C3CC3)n2n1. The van der Waals surface area contributed by atoms with Crippen molar-refractivity contribution in [2.75, 3.05) is 0 Å². The van der Waals surface area contributed by atoms with Crippen LogP contribution in [0.15, 0.2) is 12.1 Å². The normalized spacial score (nSPS) is 16.7. The molecular formula is C8H7IN4. The van der Waals surface area contributed by atoms with Gasteiger partial charge in [-0.25, -0.2) is 0 Å². The summed E-state index contributed by atoms with van der Waals surface area (Å²) in [6.07, 6.45) is 2.46. The second-order valence-corrected chi connectivity index (χ2v) is 4.36. The summed E-state index contributed by atoms with van der Waals surface area (Å²) in [5.74, 6) is 1.62. The van der Waals surface area contributed by atoms with Crippen LogP contribution in [0.4, 0.5) is 0 Å². The Balaban J connectivity index is 2.29. The number of aromatic nitrogens is 4. The van der Waals surface area contributed by atoms with Crippen LogP contribution in [-0.2, 0) is 0 Å². The van der Waals surface area contributed by atoms with E-state index in [1.165, 1.54) is 12.8 Å². The monoisotopic (exact) mass is 286 g/mol. The fourth-order valence-electron chi connectivity index (χ4n) is 1.38. The molecule has 2 aromatic heterocycles. The van der Waals surface area contributed by atoms with Crippen molar-refractivity contribution >= 4 is 28.2 Å². The first kappa shape index (κ1) is 7.66. The Kier molecular flexibility index (Phi) is 1.55. The Bertz CT molecular complexity index is 460. The third kappa shape index (κ3) is 1.21. The van der Waals surface area contributed by atoms with Gasteiger partial charge in [0.15, 0.2) is 11.5 Å². The molecule has 0 aliphatic heterocycles. The molecular weight excluding hydrogens is 279 g/mol. The zero-order chi connectivity index (χ0) is 8.84. The van der Waals surface area contributed by atoms with Crippen molar-refractivity contribution in [2.24, 2.45) is 0 Å². The maximum atomic E-state index is 4.38. The zero-order valence-electron chi connectivity index (χ0n) is 6.81. The molecule has 0 atom stereocenters. The number of nitrogens with zero attached hydrogens (tertiary/aromatic N) is 4. The van der Waals surface area contributed by atoms with Crippen LogP contribution in [0.3, 0.4) is 0 Å². The number of hydrogen-bond donors (Lipinski definition) is 0. The standard InChI is InChI=1S/C8H7IN4/c9-6-3-4-7-10-11-8(5-1-2-5)13(7)12-6/h3-5H,1-2H2. The summed E-state index contributed by atoms with van der Waals surface area (Å²) < 4.78 is 2.84. The number of halogens is 1. The quantitative estimate of drug-likeness (QED) is 0.748. The summed E-state index contributed by atoms with van der Waals surface area (Å²) in [5, 5.41) is 12.6. The predicted molar refractivity (Wildman–Crippen MR) is 55.5 cm³/mol. The summed E-state index contributed by atoms with van der Waals surface area (Å²) in [6, 6.07) is 3.90. The molecule has 1 aliphatic carbocycles. The van der Waals surface area contributed by atoms with Crippen LogP contribution in [0.2, 0.25) is 0 Å². The van der Waals surface area contributed by atoms with E-state index in [2.05, 4.69) is 37.9 Å². The van der Waals surface area contributed by atoms with E-state index in [4.69, 9.17) is 0 Å². The second kappa shape index (κ2) is 2.63. The summed E-state index contributed by atoms with van der Waals surface area (Å²) in [6.45, 7) is 0. The van der Waals surface area contributed by atoms with Gasteiger partial charge in [0.1, 0.15) is 3.70 Å². The topological polar surface area (TPSA) is 43.1 Å². The molecule has 1 fully saturated rings. The largest absolute Gasteiger partial charge is 0.196 e. The van der Waals surface area contributed by atoms with Gasteiger partial charge in [-0.3, -0.25) is 0 Å². The Morgan fingerprint density at radius 1 is 1.31 bits per heavy atom. The summed E-state index contributed by atoms with van der Waals surface area (Å²) >= 11 is 2.20. The fourth-order valence-corrected chi connectivity index (χ4v) is 1.77. The van der Waals surface area contributed by atoms with Crippen LogP contribution < -0.4 is 0 Å². The van der Waals surface area contributed by atoms with E-state index in [-0.39, 0.29) is 0 Å². The van der Waals surface area contributed by atoms with E-state index >= 15 is 0 Å². The summed E-state index contributed by atoms with van der Waals surface area (Å²) in [4.78, 5) is 0. The minimum atomic E-state index is 0.598. The molecule has 13 heavy (non-hydrogen) atoms. The minimum absolute atomic E-state index is 0.598. The van der Waals surface area contributed by atoms with Crippen LogP contribution in [0, 0.1) is 3.70 Å². The molecule has 0 amide bonds. The van der Waals surface area contributed by atoms with Crippen molar-refractivity contribution in [3.63, 3.8) is 0 Å². The van der Waals surface area contributed by atoms with Gasteiger partial charge in [-0.1, -0.05) is 0 Å². The Labute approximate surface area is 88.5 Å².